The fourth-order valence-corrected chi connectivity index (χ4v) is 1.65. The summed E-state index contributed by atoms with van der Waals surface area (Å²) in [6.07, 6.45) is 0. The van der Waals surface area contributed by atoms with Crippen molar-refractivity contribution in [3.8, 4) is 0 Å². The van der Waals surface area contributed by atoms with Crippen molar-refractivity contribution in [2.24, 2.45) is 0 Å². The van der Waals surface area contributed by atoms with Crippen molar-refractivity contribution in [3.63, 3.8) is 0 Å². The second-order valence-electron chi connectivity index (χ2n) is 3.83. The Morgan fingerprint density at radius 3 is 2.67 bits per heavy atom. The minimum atomic E-state index is -0.225. The topological polar surface area (TPSA) is 58.4 Å². The average Bonchev–Trinajstić information content (AvgIpc) is 2.77. The number of amides is 2. The molecule has 1 aromatic carbocycles. The number of rotatable bonds is 3. The van der Waals surface area contributed by atoms with E-state index in [4.69, 9.17) is 4.52 Å². The van der Waals surface area contributed by atoms with Crippen LogP contribution in [-0.4, -0.2) is 17.7 Å². The van der Waals surface area contributed by atoms with Gasteiger partial charge in [-0.05, 0) is 26.0 Å². The summed E-state index contributed by atoms with van der Waals surface area (Å²) in [4.78, 5) is 13.7. The molecule has 0 saturated carbocycles. The molecule has 2 rings (SSSR count). The van der Waals surface area contributed by atoms with Gasteiger partial charge < -0.3 is 4.52 Å². The van der Waals surface area contributed by atoms with Crippen molar-refractivity contribution in [2.75, 3.05) is 16.8 Å². The van der Waals surface area contributed by atoms with Crippen LogP contribution in [0.15, 0.2) is 40.9 Å². The standard InChI is InChI=1S/C13H15N3O2/c1-3-16(11-7-5-4-6-8-11)13(17)14-12-9-10(2)18-15-12/h4-9H,3H2,1-2H3,(H,14,15,17). The summed E-state index contributed by atoms with van der Waals surface area (Å²) >= 11 is 0. The Kier molecular flexibility index (Phi) is 3.62. The fourth-order valence-electron chi connectivity index (χ4n) is 1.65. The number of hydrogen-bond donors (Lipinski definition) is 1. The normalized spacial score (nSPS) is 10.1. The van der Waals surface area contributed by atoms with Gasteiger partial charge in [0.2, 0.25) is 0 Å². The predicted molar refractivity (Wildman–Crippen MR) is 69.7 cm³/mol. The Balaban J connectivity index is 2.11. The number of para-hydroxylation sites is 1. The Hall–Kier alpha value is -2.30. The van der Waals surface area contributed by atoms with Crippen LogP contribution in [0.1, 0.15) is 12.7 Å². The molecular formula is C13H15N3O2. The zero-order valence-corrected chi connectivity index (χ0v) is 10.4. The lowest BCUT2D eigenvalue weighted by Crippen LogP contribution is -2.34. The first-order valence-electron chi connectivity index (χ1n) is 5.77. The lowest BCUT2D eigenvalue weighted by atomic mass is 10.3. The highest BCUT2D eigenvalue weighted by molar-refractivity contribution is 6.01. The van der Waals surface area contributed by atoms with E-state index >= 15 is 0 Å². The van der Waals surface area contributed by atoms with Crippen molar-refractivity contribution in [1.82, 2.24) is 5.16 Å². The van der Waals surface area contributed by atoms with Crippen LogP contribution >= 0.6 is 0 Å². The first-order valence-corrected chi connectivity index (χ1v) is 5.77. The fraction of sp³-hybridized carbons (Fsp3) is 0.231. The van der Waals surface area contributed by atoms with Crippen LogP contribution in [0.2, 0.25) is 0 Å². The zero-order chi connectivity index (χ0) is 13.0. The smallest absolute Gasteiger partial charge is 0.327 e. The quantitative estimate of drug-likeness (QED) is 0.904. The molecule has 0 atom stereocenters. The first-order chi connectivity index (χ1) is 8.70. The second-order valence-corrected chi connectivity index (χ2v) is 3.83. The predicted octanol–water partition coefficient (Wildman–Crippen LogP) is 3.04. The van der Waals surface area contributed by atoms with E-state index in [0.717, 1.165) is 5.69 Å². The Morgan fingerprint density at radius 1 is 1.39 bits per heavy atom. The molecule has 0 spiro atoms. The molecule has 0 fully saturated rings. The monoisotopic (exact) mass is 245 g/mol. The lowest BCUT2D eigenvalue weighted by molar-refractivity contribution is 0.257. The van der Waals surface area contributed by atoms with Gasteiger partial charge in [-0.15, -0.1) is 0 Å². The van der Waals surface area contributed by atoms with E-state index in [1.165, 1.54) is 0 Å². The number of aryl methyl sites for hydroxylation is 1. The van der Waals surface area contributed by atoms with Gasteiger partial charge in [0.1, 0.15) is 5.76 Å². The molecule has 1 heterocycles. The SMILES string of the molecule is CCN(C(=O)Nc1cc(C)on1)c1ccccc1. The average molecular weight is 245 g/mol. The minimum Gasteiger partial charge on any atom is -0.360 e. The van der Waals surface area contributed by atoms with Crippen LogP contribution in [0.5, 0.6) is 0 Å². The van der Waals surface area contributed by atoms with Gasteiger partial charge in [-0.2, -0.15) is 0 Å². The summed E-state index contributed by atoms with van der Waals surface area (Å²) in [5, 5.41) is 6.43. The van der Waals surface area contributed by atoms with Crippen molar-refractivity contribution in [2.45, 2.75) is 13.8 Å². The summed E-state index contributed by atoms with van der Waals surface area (Å²) in [7, 11) is 0. The number of carbonyl (C=O) groups is 1. The van der Waals surface area contributed by atoms with Crippen molar-refractivity contribution >= 4 is 17.5 Å². The highest BCUT2D eigenvalue weighted by Crippen LogP contribution is 2.15. The van der Waals surface area contributed by atoms with E-state index in [9.17, 15) is 4.79 Å². The molecule has 0 aliphatic carbocycles. The van der Waals surface area contributed by atoms with Gasteiger partial charge in [0, 0.05) is 18.3 Å². The minimum absolute atomic E-state index is 0.225. The summed E-state index contributed by atoms with van der Waals surface area (Å²) < 4.78 is 4.90. The number of aromatic nitrogens is 1. The van der Waals surface area contributed by atoms with Crippen LogP contribution < -0.4 is 10.2 Å². The van der Waals surface area contributed by atoms with Gasteiger partial charge in [-0.25, -0.2) is 4.79 Å². The van der Waals surface area contributed by atoms with Crippen molar-refractivity contribution < 1.29 is 9.32 Å². The largest absolute Gasteiger partial charge is 0.360 e. The molecule has 18 heavy (non-hydrogen) atoms. The number of anilines is 2. The molecule has 2 aromatic rings. The van der Waals surface area contributed by atoms with E-state index in [2.05, 4.69) is 10.5 Å². The van der Waals surface area contributed by atoms with Crippen molar-refractivity contribution in [3.05, 3.63) is 42.2 Å². The number of hydrogen-bond acceptors (Lipinski definition) is 3. The third kappa shape index (κ3) is 2.68. The maximum absolute atomic E-state index is 12.1. The van der Waals surface area contributed by atoms with Gasteiger partial charge in [0.25, 0.3) is 0 Å². The number of carbonyl (C=O) groups excluding carboxylic acids is 1. The van der Waals surface area contributed by atoms with E-state index in [1.54, 1.807) is 17.9 Å². The van der Waals surface area contributed by atoms with Crippen LogP contribution in [0.3, 0.4) is 0 Å². The van der Waals surface area contributed by atoms with E-state index in [0.29, 0.717) is 18.1 Å². The number of nitrogens with one attached hydrogen (secondary N) is 1. The van der Waals surface area contributed by atoms with Gasteiger partial charge in [0.15, 0.2) is 5.82 Å². The molecule has 5 nitrogen and oxygen atoms in total. The molecule has 94 valence electrons. The lowest BCUT2D eigenvalue weighted by Gasteiger charge is -2.20. The molecule has 1 N–H and O–H groups in total. The maximum Gasteiger partial charge on any atom is 0.327 e. The Morgan fingerprint density at radius 2 is 2.11 bits per heavy atom. The third-order valence-electron chi connectivity index (χ3n) is 2.49. The van der Waals surface area contributed by atoms with E-state index in [-0.39, 0.29) is 6.03 Å². The van der Waals surface area contributed by atoms with Crippen LogP contribution in [0, 0.1) is 6.92 Å². The molecule has 0 saturated heterocycles. The molecule has 0 aliphatic rings. The van der Waals surface area contributed by atoms with Crippen LogP contribution in [-0.2, 0) is 0 Å². The van der Waals surface area contributed by atoms with Gasteiger partial charge in [0.05, 0.1) is 0 Å². The molecule has 1 aromatic heterocycles. The molecule has 0 unspecified atom stereocenters. The van der Waals surface area contributed by atoms with Crippen LogP contribution in [0.25, 0.3) is 0 Å². The first kappa shape index (κ1) is 12.2. The Labute approximate surface area is 105 Å². The third-order valence-corrected chi connectivity index (χ3v) is 2.49. The zero-order valence-electron chi connectivity index (χ0n) is 10.4. The summed E-state index contributed by atoms with van der Waals surface area (Å²) in [5.41, 5.74) is 0.845. The molecule has 0 aliphatic heterocycles. The highest BCUT2D eigenvalue weighted by atomic mass is 16.5. The molecule has 0 radical (unpaired) electrons. The van der Waals surface area contributed by atoms with E-state index < -0.39 is 0 Å². The van der Waals surface area contributed by atoms with E-state index in [1.807, 2.05) is 37.3 Å². The number of benzene rings is 1. The van der Waals surface area contributed by atoms with Gasteiger partial charge in [-0.3, -0.25) is 10.2 Å². The van der Waals surface area contributed by atoms with Crippen molar-refractivity contribution in [1.29, 1.82) is 0 Å². The summed E-state index contributed by atoms with van der Waals surface area (Å²) in [6, 6.07) is 10.9. The number of urea groups is 1. The maximum atomic E-state index is 12.1. The molecule has 5 heteroatoms. The molecular weight excluding hydrogens is 230 g/mol. The highest BCUT2D eigenvalue weighted by Gasteiger charge is 2.14. The Bertz CT molecular complexity index is 522. The second kappa shape index (κ2) is 5.35. The van der Waals surface area contributed by atoms with Crippen LogP contribution in [0.4, 0.5) is 16.3 Å². The molecule has 2 amide bonds. The van der Waals surface area contributed by atoms with Gasteiger partial charge in [-0.1, -0.05) is 23.4 Å². The number of nitrogens with zero attached hydrogens (tertiary/aromatic N) is 2. The molecule has 0 bridgehead atoms. The van der Waals surface area contributed by atoms with Gasteiger partial charge >= 0.3 is 6.03 Å². The summed E-state index contributed by atoms with van der Waals surface area (Å²) in [5.74, 6) is 1.08. The summed E-state index contributed by atoms with van der Waals surface area (Å²) in [6.45, 7) is 4.27.